The van der Waals surface area contributed by atoms with Gasteiger partial charge in [-0.3, -0.25) is 0 Å². The summed E-state index contributed by atoms with van der Waals surface area (Å²) in [6.07, 6.45) is 3.03. The van der Waals surface area contributed by atoms with E-state index in [1.807, 2.05) is 21.0 Å². The molecule has 18 heavy (non-hydrogen) atoms. The van der Waals surface area contributed by atoms with E-state index in [-0.39, 0.29) is 5.57 Å². The number of carbonyl (C=O) groups excluding carboxylic acids is 2. The number of carbonyl (C=O) groups is 2. The smallest absolute Gasteiger partial charge is 0.345 e. The van der Waals surface area contributed by atoms with Crippen LogP contribution in [0.15, 0.2) is 23.6 Å². The molecule has 0 fully saturated rings. The molecule has 0 unspecified atom stereocenters. The fourth-order valence-electron chi connectivity index (χ4n) is 1.14. The molecule has 0 atom stereocenters. The lowest BCUT2D eigenvalue weighted by atomic mass is 10.2. The van der Waals surface area contributed by atoms with Gasteiger partial charge in [-0.05, 0) is 6.92 Å². The summed E-state index contributed by atoms with van der Waals surface area (Å²) < 4.78 is 14.4. The monoisotopic (exact) mass is 258 g/mol. The van der Waals surface area contributed by atoms with E-state index in [1.165, 1.54) is 20.3 Å². The highest BCUT2D eigenvalue weighted by Crippen LogP contribution is 2.07. The van der Waals surface area contributed by atoms with E-state index < -0.39 is 11.9 Å². The molecule has 0 amide bonds. The van der Waals surface area contributed by atoms with Crippen molar-refractivity contribution >= 4 is 11.9 Å². The van der Waals surface area contributed by atoms with Crippen molar-refractivity contribution in [2.24, 2.45) is 0 Å². The molecule has 102 valence electrons. The Kier molecular flexibility index (Phi) is 7.46. The number of methoxy groups -OCH3 is 2. The normalized spacial score (nSPS) is 10.9. The Morgan fingerprint density at radius 3 is 1.94 bits per heavy atom. The van der Waals surface area contributed by atoms with Crippen molar-refractivity contribution in [2.75, 3.05) is 34.9 Å². The van der Waals surface area contributed by atoms with Crippen LogP contribution in [0.1, 0.15) is 6.92 Å². The topological polar surface area (TPSA) is 66.3 Å². The predicted molar refractivity (Wildman–Crippen MR) is 64.6 cm³/mol. The molecule has 0 radical (unpaired) electrons. The average molecular weight is 258 g/mol. The maximum atomic E-state index is 11.5. The molecular weight excluding hydrogens is 238 g/mol. The lowest BCUT2D eigenvalue weighted by Gasteiger charge is -2.08. The van der Waals surface area contributed by atoms with Crippen LogP contribution >= 0.6 is 0 Å². The number of nitrogens with one attached hydrogen (secondary N) is 1. The van der Waals surface area contributed by atoms with Crippen LogP contribution in [0.2, 0.25) is 0 Å². The van der Waals surface area contributed by atoms with E-state index in [1.54, 1.807) is 6.20 Å². The molecule has 6 nitrogen and oxygen atoms in total. The van der Waals surface area contributed by atoms with Gasteiger partial charge in [0, 0.05) is 6.08 Å². The van der Waals surface area contributed by atoms with Gasteiger partial charge in [-0.2, -0.15) is 0 Å². The second-order valence-electron chi connectivity index (χ2n) is 3.60. The second kappa shape index (κ2) is 8.30. The molecule has 0 aromatic rings. The standard InChI is InChI=1S/C12H19NO5/c1-6-18-9(8-13(2)3)7-10(11(14)16-4)12(15)17-5/h7-8H,6H2,1-5H3/p+1/b9-8+. The number of rotatable bonds is 6. The molecule has 0 aliphatic heterocycles. The Hall–Kier alpha value is -1.82. The zero-order chi connectivity index (χ0) is 14.1. The minimum absolute atomic E-state index is 0.207. The van der Waals surface area contributed by atoms with Crippen molar-refractivity contribution in [3.63, 3.8) is 0 Å². The molecular formula is C12H20NO5+. The third-order valence-electron chi connectivity index (χ3n) is 1.84. The molecule has 1 N–H and O–H groups in total. The first-order chi connectivity index (χ1) is 8.46. The summed E-state index contributed by atoms with van der Waals surface area (Å²) in [4.78, 5) is 23.9. The first-order valence-electron chi connectivity index (χ1n) is 5.49. The van der Waals surface area contributed by atoms with E-state index >= 15 is 0 Å². The molecule has 0 aliphatic carbocycles. The predicted octanol–water partition coefficient (Wildman–Crippen LogP) is -0.719. The number of quaternary nitrogens is 1. The average Bonchev–Trinajstić information content (AvgIpc) is 2.33. The van der Waals surface area contributed by atoms with Crippen LogP contribution in [0.5, 0.6) is 0 Å². The van der Waals surface area contributed by atoms with Gasteiger partial charge in [0.1, 0.15) is 11.8 Å². The summed E-state index contributed by atoms with van der Waals surface area (Å²) in [5, 5.41) is 0. The van der Waals surface area contributed by atoms with Gasteiger partial charge >= 0.3 is 11.9 Å². The largest absolute Gasteiger partial charge is 0.488 e. The van der Waals surface area contributed by atoms with E-state index in [2.05, 4.69) is 9.47 Å². The molecule has 0 bridgehead atoms. The SMILES string of the molecule is CCO/C(C=C(C(=O)OC)C(=O)OC)=C/[NH+](C)C. The first kappa shape index (κ1) is 16.2. The first-order valence-corrected chi connectivity index (χ1v) is 5.49. The van der Waals surface area contributed by atoms with Gasteiger partial charge < -0.3 is 19.1 Å². The minimum Gasteiger partial charge on any atom is -0.488 e. The van der Waals surface area contributed by atoms with Crippen molar-refractivity contribution in [1.29, 1.82) is 0 Å². The van der Waals surface area contributed by atoms with E-state index in [4.69, 9.17) is 4.74 Å². The van der Waals surface area contributed by atoms with Crippen molar-refractivity contribution in [3.8, 4) is 0 Å². The van der Waals surface area contributed by atoms with Gasteiger partial charge in [0.15, 0.2) is 5.76 Å². The highest BCUT2D eigenvalue weighted by atomic mass is 16.5. The van der Waals surface area contributed by atoms with Crippen molar-refractivity contribution in [2.45, 2.75) is 6.92 Å². The van der Waals surface area contributed by atoms with Crippen LogP contribution < -0.4 is 4.90 Å². The Bertz CT molecular complexity index is 339. The summed E-state index contributed by atoms with van der Waals surface area (Å²) in [5.41, 5.74) is -0.207. The molecule has 0 saturated heterocycles. The number of hydrogen-bond donors (Lipinski definition) is 1. The summed E-state index contributed by atoms with van der Waals surface area (Å²) in [5.74, 6) is -1.12. The van der Waals surface area contributed by atoms with Crippen LogP contribution in [0.25, 0.3) is 0 Å². The second-order valence-corrected chi connectivity index (χ2v) is 3.60. The third-order valence-corrected chi connectivity index (χ3v) is 1.84. The summed E-state index contributed by atoms with van der Waals surface area (Å²) in [6, 6.07) is 0. The third kappa shape index (κ3) is 5.49. The van der Waals surface area contributed by atoms with Gasteiger partial charge in [0.05, 0.1) is 34.9 Å². The summed E-state index contributed by atoms with van der Waals surface area (Å²) in [7, 11) is 6.15. The number of ether oxygens (including phenoxy) is 3. The Morgan fingerprint density at radius 2 is 1.61 bits per heavy atom. The number of hydrogen-bond acceptors (Lipinski definition) is 5. The minimum atomic E-state index is -0.763. The lowest BCUT2D eigenvalue weighted by Crippen LogP contribution is -3.00. The molecule has 0 heterocycles. The van der Waals surface area contributed by atoms with Crippen LogP contribution in [0.4, 0.5) is 0 Å². The number of esters is 2. The Balaban J connectivity index is 5.33. The zero-order valence-corrected chi connectivity index (χ0v) is 11.4. The summed E-state index contributed by atoms with van der Waals surface area (Å²) in [6.45, 7) is 2.23. The van der Waals surface area contributed by atoms with Gasteiger partial charge in [-0.15, -0.1) is 0 Å². The highest BCUT2D eigenvalue weighted by Gasteiger charge is 2.20. The van der Waals surface area contributed by atoms with Crippen molar-refractivity contribution in [3.05, 3.63) is 23.6 Å². The molecule has 0 aromatic heterocycles. The highest BCUT2D eigenvalue weighted by molar-refractivity contribution is 6.14. The lowest BCUT2D eigenvalue weighted by molar-refractivity contribution is -0.802. The summed E-state index contributed by atoms with van der Waals surface area (Å²) >= 11 is 0. The molecule has 0 aliphatic rings. The zero-order valence-electron chi connectivity index (χ0n) is 11.4. The van der Waals surface area contributed by atoms with Crippen LogP contribution in [0.3, 0.4) is 0 Å². The Morgan fingerprint density at radius 1 is 1.11 bits per heavy atom. The van der Waals surface area contributed by atoms with E-state index in [9.17, 15) is 9.59 Å². The van der Waals surface area contributed by atoms with Crippen molar-refractivity contribution in [1.82, 2.24) is 0 Å². The van der Waals surface area contributed by atoms with Crippen LogP contribution in [-0.4, -0.2) is 46.9 Å². The van der Waals surface area contributed by atoms with Gasteiger partial charge in [-0.25, -0.2) is 9.59 Å². The van der Waals surface area contributed by atoms with Crippen molar-refractivity contribution < 1.29 is 28.7 Å². The fraction of sp³-hybridized carbons (Fsp3) is 0.500. The molecule has 0 rings (SSSR count). The Labute approximate surface area is 107 Å². The quantitative estimate of drug-likeness (QED) is 0.170. The molecule has 6 heteroatoms. The van der Waals surface area contributed by atoms with Gasteiger partial charge in [0.25, 0.3) is 0 Å². The van der Waals surface area contributed by atoms with Crippen LogP contribution in [0, 0.1) is 0 Å². The fourth-order valence-corrected chi connectivity index (χ4v) is 1.14. The molecule has 0 spiro atoms. The van der Waals surface area contributed by atoms with E-state index in [0.29, 0.717) is 12.4 Å². The number of allylic oxidation sites excluding steroid dienone is 1. The molecule has 0 saturated carbocycles. The van der Waals surface area contributed by atoms with Crippen LogP contribution in [-0.2, 0) is 23.8 Å². The maximum Gasteiger partial charge on any atom is 0.345 e. The molecule has 0 aromatic carbocycles. The van der Waals surface area contributed by atoms with Gasteiger partial charge in [-0.1, -0.05) is 0 Å². The van der Waals surface area contributed by atoms with E-state index in [0.717, 1.165) is 4.90 Å². The maximum absolute atomic E-state index is 11.5. The van der Waals surface area contributed by atoms with Gasteiger partial charge in [0.2, 0.25) is 0 Å².